The lowest BCUT2D eigenvalue weighted by molar-refractivity contribution is -0.633. The van der Waals surface area contributed by atoms with Crippen molar-refractivity contribution in [1.82, 2.24) is 0 Å². The van der Waals surface area contributed by atoms with Gasteiger partial charge < -0.3 is 4.74 Å². The highest BCUT2D eigenvalue weighted by molar-refractivity contribution is 6.90. The highest BCUT2D eigenvalue weighted by Crippen LogP contribution is 2.48. The number of pyridine rings is 1. The lowest BCUT2D eigenvalue weighted by Gasteiger charge is -2.25. The first kappa shape index (κ1) is 22.2. The molecule has 1 aliphatic heterocycles. The van der Waals surface area contributed by atoms with Crippen LogP contribution in [0.25, 0.3) is 32.9 Å². The highest BCUT2D eigenvalue weighted by Gasteiger charge is 2.33. The Bertz CT molecular complexity index is 1450. The number of aromatic nitrogens is 1. The van der Waals surface area contributed by atoms with Crippen LogP contribution in [-0.4, -0.2) is 8.07 Å². The van der Waals surface area contributed by atoms with Crippen LogP contribution in [-0.2, 0) is 13.5 Å². The smallest absolute Gasteiger partial charge is 0.256 e. The minimum Gasteiger partial charge on any atom is -0.450 e. The van der Waals surface area contributed by atoms with E-state index in [0.29, 0.717) is 0 Å². The summed E-state index contributed by atoms with van der Waals surface area (Å²) in [7, 11) is 0.689. The third-order valence-corrected chi connectivity index (χ3v) is 9.12. The number of nitrogens with zero attached hydrogens (tertiary/aromatic N) is 1. The van der Waals surface area contributed by atoms with Crippen molar-refractivity contribution in [2.75, 3.05) is 0 Å². The first-order valence-corrected chi connectivity index (χ1v) is 15.6. The Balaban J connectivity index is 1.88. The number of hydrogen-bond acceptors (Lipinski definition) is 1. The van der Waals surface area contributed by atoms with E-state index < -0.39 is 8.07 Å². The molecule has 2 nitrogen and oxygen atoms in total. The van der Waals surface area contributed by atoms with Crippen LogP contribution < -0.4 is 14.5 Å². The Morgan fingerprint density at radius 1 is 0.939 bits per heavy atom. The number of rotatable bonds is 2. The van der Waals surface area contributed by atoms with Crippen molar-refractivity contribution in [1.29, 1.82) is 0 Å². The molecule has 3 heteroatoms. The molecule has 33 heavy (non-hydrogen) atoms. The van der Waals surface area contributed by atoms with Gasteiger partial charge in [-0.2, -0.15) is 4.57 Å². The summed E-state index contributed by atoms with van der Waals surface area (Å²) in [4.78, 5) is 0. The Kier molecular flexibility index (Phi) is 4.81. The quantitative estimate of drug-likeness (QED) is 0.201. The molecule has 0 unspecified atom stereocenters. The van der Waals surface area contributed by atoms with Crippen molar-refractivity contribution >= 4 is 34.9 Å². The van der Waals surface area contributed by atoms with E-state index in [0.717, 1.165) is 17.9 Å². The maximum atomic E-state index is 6.75. The molecule has 0 atom stereocenters. The molecular formula is C30H36NOSi+. The normalized spacial score (nSPS) is 13.4. The molecule has 0 amide bonds. The predicted octanol–water partition coefficient (Wildman–Crippen LogP) is 7.34. The van der Waals surface area contributed by atoms with Gasteiger partial charge >= 0.3 is 0 Å². The number of fused-ring (bicyclic) bond motifs is 3. The monoisotopic (exact) mass is 454 g/mol. The van der Waals surface area contributed by atoms with E-state index in [1.807, 2.05) is 0 Å². The molecule has 0 aliphatic carbocycles. The van der Waals surface area contributed by atoms with E-state index in [2.05, 4.69) is 108 Å². The van der Waals surface area contributed by atoms with Crippen LogP contribution >= 0.6 is 0 Å². The van der Waals surface area contributed by atoms with E-state index in [4.69, 9.17) is 4.74 Å². The lowest BCUT2D eigenvalue weighted by Crippen LogP contribution is -2.41. The first-order chi connectivity index (χ1) is 15.3. The molecule has 1 aliphatic rings. The Morgan fingerprint density at radius 2 is 1.67 bits per heavy atom. The van der Waals surface area contributed by atoms with Gasteiger partial charge in [0, 0.05) is 22.9 Å². The summed E-state index contributed by atoms with van der Waals surface area (Å²) >= 11 is 0. The standard InChI is InChI=1S/C30H36NOSi/c1-18-13-21-14-20(17-30(3,4)5)15-24-28(21)27(19(18)2)29-25(32-24)16-22-23(31(29)6)11-10-12-26(22)33(7,8)9/h10-16H,17H2,1-9H3/q+1. The minimum atomic E-state index is -1.51. The average molecular weight is 455 g/mol. The van der Waals surface area contributed by atoms with E-state index in [1.54, 1.807) is 0 Å². The molecule has 0 spiro atoms. The Labute approximate surface area is 199 Å². The van der Waals surface area contributed by atoms with E-state index in [9.17, 15) is 0 Å². The molecule has 1 aromatic heterocycles. The molecular weight excluding hydrogens is 418 g/mol. The Morgan fingerprint density at radius 3 is 2.33 bits per heavy atom. The highest BCUT2D eigenvalue weighted by atomic mass is 28.3. The van der Waals surface area contributed by atoms with E-state index in [1.165, 1.54) is 54.8 Å². The molecule has 5 rings (SSSR count). The van der Waals surface area contributed by atoms with Crippen LogP contribution in [0.4, 0.5) is 0 Å². The fourth-order valence-electron chi connectivity index (χ4n) is 5.52. The molecule has 170 valence electrons. The van der Waals surface area contributed by atoms with Gasteiger partial charge in [-0.05, 0) is 59.0 Å². The molecule has 0 saturated heterocycles. The second-order valence-corrected chi connectivity index (χ2v) is 17.2. The van der Waals surface area contributed by atoms with Gasteiger partial charge in [-0.25, -0.2) is 0 Å². The summed E-state index contributed by atoms with van der Waals surface area (Å²) in [6.07, 6.45) is 1.03. The molecule has 0 bridgehead atoms. The molecule has 0 fully saturated rings. The van der Waals surface area contributed by atoms with Gasteiger partial charge in [-0.15, -0.1) is 0 Å². The molecule has 4 aromatic rings. The van der Waals surface area contributed by atoms with Crippen LogP contribution in [0.5, 0.6) is 11.5 Å². The fraction of sp³-hybridized carbons (Fsp3) is 0.367. The van der Waals surface area contributed by atoms with Crippen LogP contribution in [0.15, 0.2) is 42.5 Å². The van der Waals surface area contributed by atoms with Crippen molar-refractivity contribution < 1.29 is 9.30 Å². The molecule has 0 saturated carbocycles. The summed E-state index contributed by atoms with van der Waals surface area (Å²) in [6, 6.07) is 16.1. The van der Waals surface area contributed by atoms with Gasteiger partial charge in [0.1, 0.15) is 12.8 Å². The van der Waals surface area contributed by atoms with Gasteiger partial charge in [-0.3, -0.25) is 0 Å². The van der Waals surface area contributed by atoms with Gasteiger partial charge in [0.15, 0.2) is 5.75 Å². The van der Waals surface area contributed by atoms with Crippen LogP contribution in [0.1, 0.15) is 37.5 Å². The first-order valence-electron chi connectivity index (χ1n) is 12.1. The van der Waals surface area contributed by atoms with Crippen molar-refractivity contribution in [3.63, 3.8) is 0 Å². The van der Waals surface area contributed by atoms with Crippen molar-refractivity contribution in [2.45, 2.75) is 60.7 Å². The second-order valence-electron chi connectivity index (χ2n) is 12.1. The maximum absolute atomic E-state index is 6.75. The average Bonchev–Trinajstić information content (AvgIpc) is 2.68. The van der Waals surface area contributed by atoms with Crippen molar-refractivity contribution in [2.24, 2.45) is 12.5 Å². The SMILES string of the molecule is Cc1cc2cc(CC(C)(C)C)cc3c2c(c1C)-c1c(cc2c([Si](C)(C)C)cccc2[n+]1C)O3. The molecule has 2 heterocycles. The van der Waals surface area contributed by atoms with E-state index >= 15 is 0 Å². The Hall–Kier alpha value is -2.65. The topological polar surface area (TPSA) is 13.1 Å². The number of benzene rings is 3. The van der Waals surface area contributed by atoms with Gasteiger partial charge in [0.25, 0.3) is 5.69 Å². The fourth-order valence-corrected chi connectivity index (χ4v) is 7.12. The summed E-state index contributed by atoms with van der Waals surface area (Å²) in [6.45, 7) is 18.7. The van der Waals surface area contributed by atoms with Crippen LogP contribution in [0.3, 0.4) is 0 Å². The number of aryl methyl sites for hydroxylation is 2. The summed E-state index contributed by atoms with van der Waals surface area (Å²) < 4.78 is 9.11. The summed E-state index contributed by atoms with van der Waals surface area (Å²) in [5.41, 5.74) is 8.04. The van der Waals surface area contributed by atoms with Crippen molar-refractivity contribution in [3.05, 3.63) is 59.2 Å². The largest absolute Gasteiger partial charge is 0.450 e. The van der Waals surface area contributed by atoms with Crippen molar-refractivity contribution in [3.8, 4) is 22.8 Å². The summed E-state index contributed by atoms with van der Waals surface area (Å²) in [5.74, 6) is 1.98. The zero-order chi connectivity index (χ0) is 23.9. The van der Waals surface area contributed by atoms with Gasteiger partial charge in [0.05, 0.1) is 13.6 Å². The predicted molar refractivity (Wildman–Crippen MR) is 144 cm³/mol. The lowest BCUT2D eigenvalue weighted by atomic mass is 9.85. The van der Waals surface area contributed by atoms with E-state index in [-0.39, 0.29) is 5.41 Å². The molecule has 0 N–H and O–H groups in total. The third kappa shape index (κ3) is 3.58. The molecule has 0 radical (unpaired) electrons. The van der Waals surface area contributed by atoms with Gasteiger partial charge in [0.2, 0.25) is 5.52 Å². The summed E-state index contributed by atoms with van der Waals surface area (Å²) in [5, 5.41) is 5.35. The zero-order valence-electron chi connectivity index (χ0n) is 21.6. The third-order valence-electron chi connectivity index (χ3n) is 7.07. The van der Waals surface area contributed by atoms with Gasteiger partial charge in [-0.1, -0.05) is 64.7 Å². The zero-order valence-corrected chi connectivity index (χ0v) is 22.6. The van der Waals surface area contributed by atoms with Crippen LogP contribution in [0.2, 0.25) is 19.6 Å². The molecule has 3 aromatic carbocycles. The number of ether oxygens (including phenoxy) is 1. The number of hydrogen-bond donors (Lipinski definition) is 0. The maximum Gasteiger partial charge on any atom is 0.256 e. The second kappa shape index (κ2) is 7.17. The minimum absolute atomic E-state index is 0.227. The van der Waals surface area contributed by atoms with Crippen LogP contribution in [0, 0.1) is 19.3 Å².